The second kappa shape index (κ2) is 5.48. The lowest BCUT2D eigenvalue weighted by molar-refractivity contribution is -0.386. The Kier molecular flexibility index (Phi) is 3.87. The molecule has 0 aromatic heterocycles. The van der Waals surface area contributed by atoms with E-state index in [2.05, 4.69) is 13.8 Å². The first kappa shape index (κ1) is 16.2. The third-order valence-corrected chi connectivity index (χ3v) is 6.76. The van der Waals surface area contributed by atoms with Crippen LogP contribution in [0.2, 0.25) is 0 Å². The van der Waals surface area contributed by atoms with E-state index < -0.39 is 4.92 Å². The van der Waals surface area contributed by atoms with Crippen molar-refractivity contribution in [3.63, 3.8) is 0 Å². The lowest BCUT2D eigenvalue weighted by Crippen LogP contribution is -2.46. The number of rotatable bonds is 2. The van der Waals surface area contributed by atoms with Crippen molar-refractivity contribution in [1.29, 1.82) is 0 Å². The molecular formula is C18H25NO4. The average molecular weight is 319 g/mol. The zero-order valence-electron chi connectivity index (χ0n) is 14.0. The summed E-state index contributed by atoms with van der Waals surface area (Å²) < 4.78 is 0. The second-order valence-corrected chi connectivity index (χ2v) is 7.58. The molecule has 5 nitrogen and oxygen atoms in total. The number of hydrogen-bond acceptors (Lipinski definition) is 4. The molecule has 1 aromatic rings. The van der Waals surface area contributed by atoms with Crippen LogP contribution in [-0.2, 0) is 6.42 Å². The monoisotopic (exact) mass is 319 g/mol. The summed E-state index contributed by atoms with van der Waals surface area (Å²) in [6.07, 6.45) is 3.01. The van der Waals surface area contributed by atoms with Gasteiger partial charge < -0.3 is 10.2 Å². The first-order valence-corrected chi connectivity index (χ1v) is 8.44. The number of benzene rings is 1. The Bertz CT molecular complexity index is 642. The van der Waals surface area contributed by atoms with Gasteiger partial charge in [0.05, 0.1) is 11.0 Å². The minimum absolute atomic E-state index is 0.0957. The van der Waals surface area contributed by atoms with Crippen LogP contribution >= 0.6 is 0 Å². The van der Waals surface area contributed by atoms with E-state index in [0.29, 0.717) is 29.7 Å². The maximum absolute atomic E-state index is 11.3. The molecule has 1 fully saturated rings. The van der Waals surface area contributed by atoms with Crippen LogP contribution in [0.4, 0.5) is 5.69 Å². The molecule has 5 atom stereocenters. The molecule has 0 aliphatic heterocycles. The first-order chi connectivity index (χ1) is 10.8. The van der Waals surface area contributed by atoms with E-state index in [9.17, 15) is 20.3 Å². The van der Waals surface area contributed by atoms with E-state index in [1.54, 1.807) is 0 Å². The van der Waals surface area contributed by atoms with Gasteiger partial charge in [-0.1, -0.05) is 19.9 Å². The number of nitrogens with zero attached hydrogens (tertiary/aromatic N) is 1. The van der Waals surface area contributed by atoms with E-state index in [1.165, 1.54) is 6.07 Å². The van der Waals surface area contributed by atoms with E-state index in [-0.39, 0.29) is 23.0 Å². The summed E-state index contributed by atoms with van der Waals surface area (Å²) in [6, 6.07) is 3.33. The number of fused-ring (bicyclic) bond motifs is 3. The van der Waals surface area contributed by atoms with Crippen molar-refractivity contribution in [1.82, 2.24) is 0 Å². The van der Waals surface area contributed by atoms with Gasteiger partial charge in [0.1, 0.15) is 0 Å². The summed E-state index contributed by atoms with van der Waals surface area (Å²) in [5.74, 6) is 0.854. The summed E-state index contributed by atoms with van der Waals surface area (Å²) in [5, 5.41) is 31.4. The van der Waals surface area contributed by atoms with Crippen LogP contribution in [0.3, 0.4) is 0 Å². The molecule has 0 heterocycles. The van der Waals surface area contributed by atoms with Gasteiger partial charge in [-0.2, -0.15) is 0 Å². The number of nitro benzene ring substituents is 1. The Morgan fingerprint density at radius 2 is 2.09 bits per heavy atom. The molecule has 1 saturated carbocycles. The molecule has 1 aromatic carbocycles. The number of aliphatic hydroxyl groups excluding tert-OH is 1. The van der Waals surface area contributed by atoms with Crippen molar-refractivity contribution in [2.24, 2.45) is 17.3 Å². The van der Waals surface area contributed by atoms with Crippen LogP contribution < -0.4 is 0 Å². The fraction of sp³-hybridized carbons (Fsp3) is 0.667. The zero-order chi connectivity index (χ0) is 16.9. The van der Waals surface area contributed by atoms with Gasteiger partial charge in [-0.15, -0.1) is 0 Å². The van der Waals surface area contributed by atoms with Crippen molar-refractivity contribution in [2.45, 2.75) is 58.5 Å². The van der Waals surface area contributed by atoms with Gasteiger partial charge in [-0.25, -0.2) is 0 Å². The summed E-state index contributed by atoms with van der Waals surface area (Å²) >= 11 is 0. The van der Waals surface area contributed by atoms with Crippen molar-refractivity contribution >= 4 is 5.69 Å². The molecule has 5 heteroatoms. The SMILES string of the molecule is CC(O)C1(C)CCC2c3ccc(O)c([N+](=O)[O-])c3CCC2C1C. The largest absolute Gasteiger partial charge is 0.502 e. The van der Waals surface area contributed by atoms with Gasteiger partial charge in [0.15, 0.2) is 5.75 Å². The third kappa shape index (κ3) is 2.33. The molecular weight excluding hydrogens is 294 g/mol. The van der Waals surface area contributed by atoms with E-state index in [4.69, 9.17) is 0 Å². The summed E-state index contributed by atoms with van der Waals surface area (Å²) in [4.78, 5) is 10.9. The molecule has 23 heavy (non-hydrogen) atoms. The van der Waals surface area contributed by atoms with E-state index in [0.717, 1.165) is 24.8 Å². The molecule has 0 saturated heterocycles. The van der Waals surface area contributed by atoms with Gasteiger partial charge in [-0.3, -0.25) is 10.1 Å². The molecule has 3 rings (SSSR count). The fourth-order valence-electron chi connectivity index (χ4n) is 4.94. The fourth-order valence-corrected chi connectivity index (χ4v) is 4.94. The smallest absolute Gasteiger partial charge is 0.314 e. The van der Waals surface area contributed by atoms with Gasteiger partial charge in [0.2, 0.25) is 0 Å². The standard InChI is InChI=1S/C18H25NO4/c1-10-12-4-5-15-13(6-7-16(21)17(15)19(22)23)14(12)8-9-18(10,3)11(2)20/h6-7,10-12,14,20-21H,4-5,8-9H2,1-3H3. The van der Waals surface area contributed by atoms with Gasteiger partial charge >= 0.3 is 5.69 Å². The number of aliphatic hydroxyl groups is 1. The molecule has 0 amide bonds. The predicted molar refractivity (Wildman–Crippen MR) is 87.5 cm³/mol. The highest BCUT2D eigenvalue weighted by atomic mass is 16.6. The lowest BCUT2D eigenvalue weighted by Gasteiger charge is -2.52. The number of nitro groups is 1. The number of phenols is 1. The first-order valence-electron chi connectivity index (χ1n) is 8.44. The Balaban J connectivity index is 2.02. The third-order valence-electron chi connectivity index (χ3n) is 6.76. The molecule has 5 unspecified atom stereocenters. The van der Waals surface area contributed by atoms with E-state index >= 15 is 0 Å². The Hall–Kier alpha value is -1.62. The highest BCUT2D eigenvalue weighted by Gasteiger charge is 2.49. The van der Waals surface area contributed by atoms with Crippen LogP contribution in [0.15, 0.2) is 12.1 Å². The highest BCUT2D eigenvalue weighted by molar-refractivity contribution is 5.57. The lowest BCUT2D eigenvalue weighted by atomic mass is 9.54. The van der Waals surface area contributed by atoms with Crippen LogP contribution in [0.25, 0.3) is 0 Å². The van der Waals surface area contributed by atoms with Crippen molar-refractivity contribution in [3.8, 4) is 5.75 Å². The second-order valence-electron chi connectivity index (χ2n) is 7.58. The van der Waals surface area contributed by atoms with Gasteiger partial charge in [-0.05, 0) is 67.4 Å². The van der Waals surface area contributed by atoms with Gasteiger partial charge in [0, 0.05) is 5.56 Å². The van der Waals surface area contributed by atoms with Crippen molar-refractivity contribution < 1.29 is 15.1 Å². The minimum atomic E-state index is -0.458. The van der Waals surface area contributed by atoms with Crippen LogP contribution in [0, 0.1) is 27.4 Å². The molecule has 0 spiro atoms. The van der Waals surface area contributed by atoms with Crippen LogP contribution in [-0.4, -0.2) is 21.2 Å². The molecule has 0 bridgehead atoms. The minimum Gasteiger partial charge on any atom is -0.502 e. The average Bonchev–Trinajstić information content (AvgIpc) is 2.49. The molecule has 0 radical (unpaired) electrons. The van der Waals surface area contributed by atoms with Gasteiger partial charge in [0.25, 0.3) is 0 Å². The Morgan fingerprint density at radius 1 is 1.39 bits per heavy atom. The molecule has 126 valence electrons. The zero-order valence-corrected chi connectivity index (χ0v) is 14.0. The molecule has 2 N–H and O–H groups in total. The van der Waals surface area contributed by atoms with Crippen molar-refractivity contribution in [3.05, 3.63) is 33.4 Å². The van der Waals surface area contributed by atoms with Crippen molar-refractivity contribution in [2.75, 3.05) is 0 Å². The number of hydrogen-bond donors (Lipinski definition) is 2. The van der Waals surface area contributed by atoms with E-state index in [1.807, 2.05) is 13.0 Å². The highest BCUT2D eigenvalue weighted by Crippen LogP contribution is 2.57. The number of phenolic OH excluding ortho intramolecular Hbond substituents is 1. The quantitative estimate of drug-likeness (QED) is 0.642. The summed E-state index contributed by atoms with van der Waals surface area (Å²) in [5.41, 5.74) is 1.54. The normalized spacial score (nSPS) is 34.3. The topological polar surface area (TPSA) is 83.6 Å². The molecule has 2 aliphatic rings. The predicted octanol–water partition coefficient (Wildman–Crippen LogP) is 3.76. The molecule has 2 aliphatic carbocycles. The maximum atomic E-state index is 11.3. The Labute approximate surface area is 136 Å². The number of aromatic hydroxyl groups is 1. The van der Waals surface area contributed by atoms with Crippen LogP contribution in [0.5, 0.6) is 5.75 Å². The summed E-state index contributed by atoms with van der Waals surface area (Å²) in [6.45, 7) is 6.24. The maximum Gasteiger partial charge on any atom is 0.314 e. The Morgan fingerprint density at radius 3 is 2.70 bits per heavy atom. The van der Waals surface area contributed by atoms with Crippen LogP contribution in [0.1, 0.15) is 57.1 Å². The summed E-state index contributed by atoms with van der Waals surface area (Å²) in [7, 11) is 0.